The first-order chi connectivity index (χ1) is 11.9. The molecule has 0 saturated heterocycles. The zero-order valence-corrected chi connectivity index (χ0v) is 14.6. The molecule has 2 aromatic carbocycles. The van der Waals surface area contributed by atoms with E-state index in [1.54, 1.807) is 0 Å². The Morgan fingerprint density at radius 2 is 1.50 bits per heavy atom. The van der Waals surface area contributed by atoms with E-state index in [-0.39, 0.29) is 0 Å². The zero-order chi connectivity index (χ0) is 17.5. The molecule has 0 amide bonds. The summed E-state index contributed by atoms with van der Waals surface area (Å²) in [5.41, 5.74) is 7.09. The van der Waals surface area contributed by atoms with E-state index in [9.17, 15) is 4.79 Å². The van der Waals surface area contributed by atoms with Gasteiger partial charge in [-0.05, 0) is 62.4 Å². The number of nitrogens with two attached hydrogens (primary N) is 1. The Morgan fingerprint density at radius 3 is 2.17 bits per heavy atom. The SMILES string of the molecule is CN.O=CCCc1ccc(OCCCCCc2ccccc2)cc1. The van der Waals surface area contributed by atoms with Crippen molar-refractivity contribution >= 4 is 6.29 Å². The third-order valence-electron chi connectivity index (χ3n) is 3.70. The summed E-state index contributed by atoms with van der Waals surface area (Å²) < 4.78 is 5.75. The molecular weight excluding hydrogens is 298 g/mol. The monoisotopic (exact) mass is 327 g/mol. The van der Waals surface area contributed by atoms with Gasteiger partial charge in [0.05, 0.1) is 6.61 Å². The molecule has 0 bridgehead atoms. The molecule has 2 N–H and O–H groups in total. The molecule has 0 saturated carbocycles. The van der Waals surface area contributed by atoms with E-state index in [1.165, 1.54) is 31.0 Å². The van der Waals surface area contributed by atoms with Crippen LogP contribution in [0.1, 0.15) is 36.8 Å². The lowest BCUT2D eigenvalue weighted by Crippen LogP contribution is -1.98. The van der Waals surface area contributed by atoms with Gasteiger partial charge in [0, 0.05) is 6.42 Å². The minimum Gasteiger partial charge on any atom is -0.494 e. The van der Waals surface area contributed by atoms with Crippen molar-refractivity contribution in [3.8, 4) is 5.75 Å². The van der Waals surface area contributed by atoms with Gasteiger partial charge in [-0.15, -0.1) is 0 Å². The molecule has 2 rings (SSSR count). The molecular formula is C21H29NO2. The standard InChI is InChI=1S/C20H24O2.CH5N/c21-16-7-11-19-12-14-20(15-13-19)22-17-6-2-5-10-18-8-3-1-4-9-18;1-2/h1,3-4,8-9,12-16H,2,5-7,10-11,17H2;2H2,1H3. The van der Waals surface area contributed by atoms with Gasteiger partial charge < -0.3 is 15.3 Å². The second-order valence-electron chi connectivity index (χ2n) is 5.49. The van der Waals surface area contributed by atoms with Crippen molar-refractivity contribution in [2.45, 2.75) is 38.5 Å². The van der Waals surface area contributed by atoms with Crippen LogP contribution in [0.25, 0.3) is 0 Å². The summed E-state index contributed by atoms with van der Waals surface area (Å²) in [5, 5.41) is 0. The molecule has 0 unspecified atom stereocenters. The fraction of sp³-hybridized carbons (Fsp3) is 0.381. The number of carbonyl (C=O) groups is 1. The molecule has 0 aliphatic rings. The predicted molar refractivity (Wildman–Crippen MR) is 100 cm³/mol. The van der Waals surface area contributed by atoms with Crippen molar-refractivity contribution in [2.24, 2.45) is 5.73 Å². The molecule has 0 spiro atoms. The van der Waals surface area contributed by atoms with Crippen LogP contribution in [0.15, 0.2) is 54.6 Å². The number of aryl methyl sites for hydroxylation is 2. The number of rotatable bonds is 10. The first-order valence-electron chi connectivity index (χ1n) is 8.65. The lowest BCUT2D eigenvalue weighted by molar-refractivity contribution is -0.107. The Balaban J connectivity index is 0.00000139. The van der Waals surface area contributed by atoms with Crippen LogP contribution < -0.4 is 10.5 Å². The van der Waals surface area contributed by atoms with E-state index in [0.717, 1.165) is 37.9 Å². The number of unbranched alkanes of at least 4 members (excludes halogenated alkanes) is 2. The summed E-state index contributed by atoms with van der Waals surface area (Å²) in [4.78, 5) is 10.3. The zero-order valence-electron chi connectivity index (χ0n) is 14.6. The van der Waals surface area contributed by atoms with Crippen molar-refractivity contribution in [2.75, 3.05) is 13.7 Å². The summed E-state index contributed by atoms with van der Waals surface area (Å²) in [6.45, 7) is 0.766. The first-order valence-corrected chi connectivity index (χ1v) is 8.65. The van der Waals surface area contributed by atoms with Gasteiger partial charge in [0.1, 0.15) is 12.0 Å². The van der Waals surface area contributed by atoms with Gasteiger partial charge in [0.2, 0.25) is 0 Å². The fourth-order valence-corrected chi connectivity index (χ4v) is 2.42. The normalized spacial score (nSPS) is 9.75. The topological polar surface area (TPSA) is 52.3 Å². The van der Waals surface area contributed by atoms with Crippen LogP contribution in [0.2, 0.25) is 0 Å². The lowest BCUT2D eigenvalue weighted by atomic mass is 10.1. The maximum Gasteiger partial charge on any atom is 0.120 e. The van der Waals surface area contributed by atoms with Gasteiger partial charge in [-0.3, -0.25) is 0 Å². The van der Waals surface area contributed by atoms with Crippen molar-refractivity contribution in [3.05, 3.63) is 65.7 Å². The van der Waals surface area contributed by atoms with Crippen molar-refractivity contribution in [1.29, 1.82) is 0 Å². The third-order valence-corrected chi connectivity index (χ3v) is 3.70. The summed E-state index contributed by atoms with van der Waals surface area (Å²) in [6.07, 6.45) is 6.97. The van der Waals surface area contributed by atoms with Crippen LogP contribution in [0, 0.1) is 0 Å². The molecule has 0 aromatic heterocycles. The maximum absolute atomic E-state index is 10.3. The Bertz CT molecular complexity index is 538. The molecule has 0 heterocycles. The number of hydrogen-bond acceptors (Lipinski definition) is 3. The Morgan fingerprint density at radius 1 is 0.833 bits per heavy atom. The van der Waals surface area contributed by atoms with Gasteiger partial charge in [0.15, 0.2) is 0 Å². The number of benzene rings is 2. The van der Waals surface area contributed by atoms with Crippen molar-refractivity contribution < 1.29 is 9.53 Å². The van der Waals surface area contributed by atoms with E-state index in [2.05, 4.69) is 36.1 Å². The van der Waals surface area contributed by atoms with Crippen LogP contribution in [-0.4, -0.2) is 19.9 Å². The molecule has 3 heteroatoms. The molecule has 0 fully saturated rings. The predicted octanol–water partition coefficient (Wildman–Crippen LogP) is 4.18. The smallest absolute Gasteiger partial charge is 0.120 e. The molecule has 3 nitrogen and oxygen atoms in total. The molecule has 0 aliphatic carbocycles. The second kappa shape index (κ2) is 13.3. The molecule has 2 aromatic rings. The van der Waals surface area contributed by atoms with Crippen LogP contribution in [0.3, 0.4) is 0 Å². The van der Waals surface area contributed by atoms with Crippen LogP contribution in [0.5, 0.6) is 5.75 Å². The lowest BCUT2D eigenvalue weighted by Gasteiger charge is -2.07. The molecule has 24 heavy (non-hydrogen) atoms. The van der Waals surface area contributed by atoms with Gasteiger partial charge in [-0.2, -0.15) is 0 Å². The number of ether oxygens (including phenoxy) is 1. The highest BCUT2D eigenvalue weighted by Gasteiger charge is 1.97. The average molecular weight is 327 g/mol. The van der Waals surface area contributed by atoms with Gasteiger partial charge >= 0.3 is 0 Å². The average Bonchev–Trinajstić information content (AvgIpc) is 2.66. The Hall–Kier alpha value is -2.13. The molecule has 0 atom stereocenters. The Labute approximate surface area is 145 Å². The van der Waals surface area contributed by atoms with E-state index in [4.69, 9.17) is 4.74 Å². The number of hydrogen-bond donors (Lipinski definition) is 1. The summed E-state index contributed by atoms with van der Waals surface area (Å²) >= 11 is 0. The molecule has 130 valence electrons. The quantitative estimate of drug-likeness (QED) is 0.526. The highest BCUT2D eigenvalue weighted by atomic mass is 16.5. The number of aldehydes is 1. The highest BCUT2D eigenvalue weighted by Crippen LogP contribution is 2.14. The minimum atomic E-state index is 0.585. The minimum absolute atomic E-state index is 0.585. The van der Waals surface area contributed by atoms with E-state index < -0.39 is 0 Å². The third kappa shape index (κ3) is 8.49. The summed E-state index contributed by atoms with van der Waals surface area (Å²) in [7, 11) is 1.50. The van der Waals surface area contributed by atoms with Gasteiger partial charge in [-0.1, -0.05) is 42.5 Å². The van der Waals surface area contributed by atoms with Gasteiger partial charge in [-0.25, -0.2) is 0 Å². The first kappa shape index (κ1) is 19.9. The summed E-state index contributed by atoms with van der Waals surface area (Å²) in [5.74, 6) is 0.915. The maximum atomic E-state index is 10.3. The van der Waals surface area contributed by atoms with Crippen molar-refractivity contribution in [1.82, 2.24) is 0 Å². The molecule has 0 radical (unpaired) electrons. The van der Waals surface area contributed by atoms with Crippen LogP contribution in [-0.2, 0) is 17.6 Å². The van der Waals surface area contributed by atoms with Crippen LogP contribution in [0.4, 0.5) is 0 Å². The molecule has 0 aliphatic heterocycles. The number of carbonyl (C=O) groups excluding carboxylic acids is 1. The Kier molecular flexibility index (Phi) is 11.1. The van der Waals surface area contributed by atoms with Gasteiger partial charge in [0.25, 0.3) is 0 Å². The largest absolute Gasteiger partial charge is 0.494 e. The highest BCUT2D eigenvalue weighted by molar-refractivity contribution is 5.50. The van der Waals surface area contributed by atoms with E-state index in [1.807, 2.05) is 24.3 Å². The summed E-state index contributed by atoms with van der Waals surface area (Å²) in [6, 6.07) is 18.7. The van der Waals surface area contributed by atoms with Crippen LogP contribution >= 0.6 is 0 Å². The van der Waals surface area contributed by atoms with Crippen molar-refractivity contribution in [3.63, 3.8) is 0 Å². The second-order valence-corrected chi connectivity index (χ2v) is 5.49. The van der Waals surface area contributed by atoms with E-state index in [0.29, 0.717) is 6.42 Å². The fourth-order valence-electron chi connectivity index (χ4n) is 2.42. The van der Waals surface area contributed by atoms with E-state index >= 15 is 0 Å².